The molecule has 0 saturated carbocycles. The van der Waals surface area contributed by atoms with Gasteiger partial charge in [0.05, 0.1) is 12.7 Å². The molecule has 1 aromatic carbocycles. The Balaban J connectivity index is 2.54. The molecule has 0 fully saturated rings. The summed E-state index contributed by atoms with van der Waals surface area (Å²) in [5, 5.41) is 2.79. The number of hydrogen-bond acceptors (Lipinski definition) is 3. The number of methoxy groups -OCH3 is 1. The maximum absolute atomic E-state index is 11.3. The Morgan fingerprint density at radius 3 is 2.76 bits per heavy atom. The first-order valence-corrected chi connectivity index (χ1v) is 5.61. The van der Waals surface area contributed by atoms with Gasteiger partial charge in [-0.2, -0.15) is 0 Å². The summed E-state index contributed by atoms with van der Waals surface area (Å²) in [6, 6.07) is 7.22. The van der Waals surface area contributed by atoms with Crippen LogP contribution in [-0.4, -0.2) is 25.5 Å². The molecule has 17 heavy (non-hydrogen) atoms. The van der Waals surface area contributed by atoms with Crippen LogP contribution in [0.4, 0.5) is 0 Å². The Morgan fingerprint density at radius 1 is 1.35 bits per heavy atom. The number of rotatable bonds is 5. The minimum Gasteiger partial charge on any atom is -0.465 e. The van der Waals surface area contributed by atoms with Crippen molar-refractivity contribution in [3.05, 3.63) is 35.4 Å². The van der Waals surface area contributed by atoms with Crippen LogP contribution >= 0.6 is 0 Å². The SMILES string of the molecule is CCC(=O)NCCc1cccc(C(=O)OC)c1. The molecule has 4 heteroatoms. The van der Waals surface area contributed by atoms with Gasteiger partial charge in [0.25, 0.3) is 0 Å². The zero-order valence-electron chi connectivity index (χ0n) is 10.2. The summed E-state index contributed by atoms with van der Waals surface area (Å²) in [5.41, 5.74) is 1.54. The van der Waals surface area contributed by atoms with Crippen LogP contribution in [0, 0.1) is 0 Å². The third kappa shape index (κ3) is 4.26. The van der Waals surface area contributed by atoms with Gasteiger partial charge < -0.3 is 10.1 Å². The normalized spacial score (nSPS) is 9.76. The second-order valence-corrected chi connectivity index (χ2v) is 3.65. The van der Waals surface area contributed by atoms with Crippen LogP contribution in [0.1, 0.15) is 29.3 Å². The number of hydrogen-bond donors (Lipinski definition) is 1. The van der Waals surface area contributed by atoms with Crippen LogP contribution in [0.15, 0.2) is 24.3 Å². The second kappa shape index (κ2) is 6.68. The molecule has 1 rings (SSSR count). The molecule has 0 radical (unpaired) electrons. The number of esters is 1. The molecular formula is C13H17NO3. The second-order valence-electron chi connectivity index (χ2n) is 3.65. The van der Waals surface area contributed by atoms with E-state index in [9.17, 15) is 9.59 Å². The monoisotopic (exact) mass is 235 g/mol. The van der Waals surface area contributed by atoms with Gasteiger partial charge >= 0.3 is 5.97 Å². The fraction of sp³-hybridized carbons (Fsp3) is 0.385. The molecule has 0 spiro atoms. The number of ether oxygens (including phenoxy) is 1. The Bertz CT molecular complexity index is 401. The molecule has 0 heterocycles. The fourth-order valence-electron chi connectivity index (χ4n) is 1.44. The largest absolute Gasteiger partial charge is 0.465 e. The minimum atomic E-state index is -0.343. The van der Waals surface area contributed by atoms with Gasteiger partial charge in [-0.05, 0) is 24.1 Å². The average Bonchev–Trinajstić information content (AvgIpc) is 2.38. The lowest BCUT2D eigenvalue weighted by Crippen LogP contribution is -2.24. The van der Waals surface area contributed by atoms with E-state index in [1.165, 1.54) is 7.11 Å². The first kappa shape index (κ1) is 13.2. The topological polar surface area (TPSA) is 55.4 Å². The zero-order valence-corrected chi connectivity index (χ0v) is 10.2. The summed E-state index contributed by atoms with van der Waals surface area (Å²) in [7, 11) is 1.36. The molecule has 92 valence electrons. The van der Waals surface area contributed by atoms with Crippen LogP contribution < -0.4 is 5.32 Å². The van der Waals surface area contributed by atoms with E-state index in [1.54, 1.807) is 12.1 Å². The summed E-state index contributed by atoms with van der Waals surface area (Å²) >= 11 is 0. The van der Waals surface area contributed by atoms with E-state index in [1.807, 2.05) is 19.1 Å². The predicted molar refractivity (Wildman–Crippen MR) is 64.8 cm³/mol. The van der Waals surface area contributed by atoms with E-state index in [2.05, 4.69) is 10.1 Å². The molecule has 4 nitrogen and oxygen atoms in total. The Kier molecular flexibility index (Phi) is 5.20. The van der Waals surface area contributed by atoms with Gasteiger partial charge in [0.2, 0.25) is 5.91 Å². The van der Waals surface area contributed by atoms with Gasteiger partial charge in [-0.3, -0.25) is 4.79 Å². The van der Waals surface area contributed by atoms with Crippen molar-refractivity contribution in [3.63, 3.8) is 0 Å². The molecule has 1 aromatic rings. The average molecular weight is 235 g/mol. The van der Waals surface area contributed by atoms with Crippen molar-refractivity contribution >= 4 is 11.9 Å². The molecule has 0 aliphatic rings. The standard InChI is InChI=1S/C13H17NO3/c1-3-12(15)14-8-7-10-5-4-6-11(9-10)13(16)17-2/h4-6,9H,3,7-8H2,1-2H3,(H,14,15). The maximum atomic E-state index is 11.3. The predicted octanol–water partition coefficient (Wildman–Crippen LogP) is 1.54. The van der Waals surface area contributed by atoms with Crippen molar-refractivity contribution < 1.29 is 14.3 Å². The molecule has 0 bridgehead atoms. The van der Waals surface area contributed by atoms with Crippen molar-refractivity contribution in [3.8, 4) is 0 Å². The van der Waals surface area contributed by atoms with Gasteiger partial charge in [0.1, 0.15) is 0 Å². The molecule has 1 amide bonds. The molecule has 0 atom stereocenters. The van der Waals surface area contributed by atoms with E-state index < -0.39 is 0 Å². The van der Waals surface area contributed by atoms with Crippen LogP contribution in [0.2, 0.25) is 0 Å². The van der Waals surface area contributed by atoms with Crippen LogP contribution in [0.3, 0.4) is 0 Å². The van der Waals surface area contributed by atoms with Crippen LogP contribution in [-0.2, 0) is 16.0 Å². The van der Waals surface area contributed by atoms with E-state index in [4.69, 9.17) is 0 Å². The molecule has 0 aromatic heterocycles. The summed E-state index contributed by atoms with van der Waals surface area (Å²) in [6.45, 7) is 2.39. The molecule has 0 aliphatic heterocycles. The smallest absolute Gasteiger partial charge is 0.337 e. The van der Waals surface area contributed by atoms with Crippen molar-refractivity contribution in [1.29, 1.82) is 0 Å². The molecule has 0 aliphatic carbocycles. The minimum absolute atomic E-state index is 0.0362. The lowest BCUT2D eigenvalue weighted by atomic mass is 10.1. The highest BCUT2D eigenvalue weighted by Crippen LogP contribution is 2.06. The van der Waals surface area contributed by atoms with Crippen LogP contribution in [0.25, 0.3) is 0 Å². The fourth-order valence-corrected chi connectivity index (χ4v) is 1.44. The quantitative estimate of drug-likeness (QED) is 0.788. The van der Waals surface area contributed by atoms with Crippen molar-refractivity contribution in [2.75, 3.05) is 13.7 Å². The zero-order chi connectivity index (χ0) is 12.7. The number of nitrogens with one attached hydrogen (secondary N) is 1. The van der Waals surface area contributed by atoms with Gasteiger partial charge in [0, 0.05) is 13.0 Å². The van der Waals surface area contributed by atoms with Gasteiger partial charge in [-0.25, -0.2) is 4.79 Å². The highest BCUT2D eigenvalue weighted by Gasteiger charge is 2.05. The number of amides is 1. The Morgan fingerprint density at radius 2 is 2.12 bits per heavy atom. The third-order valence-electron chi connectivity index (χ3n) is 2.41. The maximum Gasteiger partial charge on any atom is 0.337 e. The first-order chi connectivity index (χ1) is 8.17. The number of carbonyl (C=O) groups excluding carboxylic acids is 2. The lowest BCUT2D eigenvalue weighted by molar-refractivity contribution is -0.120. The summed E-state index contributed by atoms with van der Waals surface area (Å²) < 4.78 is 4.64. The number of benzene rings is 1. The Hall–Kier alpha value is -1.84. The van der Waals surface area contributed by atoms with Crippen molar-refractivity contribution in [2.45, 2.75) is 19.8 Å². The van der Waals surface area contributed by atoms with E-state index in [0.29, 0.717) is 24.9 Å². The lowest BCUT2D eigenvalue weighted by Gasteiger charge is -2.05. The summed E-state index contributed by atoms with van der Waals surface area (Å²) in [4.78, 5) is 22.3. The molecule has 0 saturated heterocycles. The van der Waals surface area contributed by atoms with E-state index in [-0.39, 0.29) is 11.9 Å². The molecule has 0 unspecified atom stereocenters. The van der Waals surface area contributed by atoms with Crippen molar-refractivity contribution in [1.82, 2.24) is 5.32 Å². The van der Waals surface area contributed by atoms with E-state index in [0.717, 1.165) is 5.56 Å². The highest BCUT2D eigenvalue weighted by atomic mass is 16.5. The van der Waals surface area contributed by atoms with Crippen molar-refractivity contribution in [2.24, 2.45) is 0 Å². The third-order valence-corrected chi connectivity index (χ3v) is 2.41. The first-order valence-electron chi connectivity index (χ1n) is 5.61. The summed E-state index contributed by atoms with van der Waals surface area (Å²) in [5.74, 6) is -0.307. The number of carbonyl (C=O) groups is 2. The van der Waals surface area contributed by atoms with Gasteiger partial charge in [-0.15, -0.1) is 0 Å². The van der Waals surface area contributed by atoms with Gasteiger partial charge in [-0.1, -0.05) is 19.1 Å². The Labute approximate surface area is 101 Å². The van der Waals surface area contributed by atoms with Gasteiger partial charge in [0.15, 0.2) is 0 Å². The highest BCUT2D eigenvalue weighted by molar-refractivity contribution is 5.89. The van der Waals surface area contributed by atoms with Crippen LogP contribution in [0.5, 0.6) is 0 Å². The van der Waals surface area contributed by atoms with E-state index >= 15 is 0 Å². The summed E-state index contributed by atoms with van der Waals surface area (Å²) in [6.07, 6.45) is 1.19. The molecule has 1 N–H and O–H groups in total. The molecular weight excluding hydrogens is 218 g/mol.